The average Bonchev–Trinajstić information content (AvgIpc) is 2.96. The van der Waals surface area contributed by atoms with Crippen molar-refractivity contribution in [1.82, 2.24) is 10.2 Å². The number of aromatic nitrogens is 2. The number of rotatable bonds is 4. The molecule has 0 aliphatic rings. The van der Waals surface area contributed by atoms with Crippen LogP contribution in [-0.4, -0.2) is 10.2 Å². The molecule has 1 heterocycles. The second-order valence-corrected chi connectivity index (χ2v) is 5.90. The summed E-state index contributed by atoms with van der Waals surface area (Å²) in [6, 6.07) is 15.7. The highest BCUT2D eigenvalue weighted by atomic mass is 35.5. The maximum atomic E-state index is 6.13. The van der Waals surface area contributed by atoms with Crippen molar-refractivity contribution in [2.24, 2.45) is 0 Å². The molecule has 0 unspecified atom stereocenters. The third-order valence-electron chi connectivity index (χ3n) is 3.12. The lowest BCUT2D eigenvalue weighted by Crippen LogP contribution is -1.85. The van der Waals surface area contributed by atoms with E-state index in [9.17, 15) is 0 Å². The molecule has 0 saturated carbocycles. The Hall–Kier alpha value is -1.78. The summed E-state index contributed by atoms with van der Waals surface area (Å²) in [5.41, 5.74) is 3.28. The smallest absolute Gasteiger partial charge is 0.277 e. The molecule has 0 saturated heterocycles. The van der Waals surface area contributed by atoms with Crippen LogP contribution in [0.4, 0.5) is 0 Å². The minimum Gasteiger partial charge on any atom is -0.411 e. The Balaban J connectivity index is 1.74. The first kappa shape index (κ1) is 14.2. The predicted molar refractivity (Wildman–Crippen MR) is 85.5 cm³/mol. The van der Waals surface area contributed by atoms with E-state index in [4.69, 9.17) is 16.0 Å². The van der Waals surface area contributed by atoms with E-state index in [-0.39, 0.29) is 0 Å². The first-order valence-corrected chi connectivity index (χ1v) is 7.86. The fourth-order valence-electron chi connectivity index (χ4n) is 1.92. The molecule has 0 aliphatic heterocycles. The van der Waals surface area contributed by atoms with Crippen LogP contribution in [0.1, 0.15) is 11.1 Å². The summed E-state index contributed by atoms with van der Waals surface area (Å²) in [5.74, 6) is 1.25. The highest BCUT2D eigenvalue weighted by Gasteiger charge is 2.12. The molecule has 106 valence electrons. The first-order chi connectivity index (χ1) is 10.2. The predicted octanol–water partition coefficient (Wildman–Crippen LogP) is 4.99. The van der Waals surface area contributed by atoms with Crippen molar-refractivity contribution in [2.45, 2.75) is 17.9 Å². The highest BCUT2D eigenvalue weighted by Crippen LogP contribution is 2.30. The van der Waals surface area contributed by atoms with Gasteiger partial charge in [-0.3, -0.25) is 0 Å². The van der Waals surface area contributed by atoms with Crippen LogP contribution >= 0.6 is 23.4 Å². The Kier molecular flexibility index (Phi) is 4.27. The van der Waals surface area contributed by atoms with Gasteiger partial charge in [0.05, 0.1) is 10.6 Å². The Bertz CT molecular complexity index is 757. The number of thioether (sulfide) groups is 1. The SMILES string of the molecule is Cc1ccccc1CSc1nnc(-c2ccccc2Cl)o1. The van der Waals surface area contributed by atoms with E-state index >= 15 is 0 Å². The average molecular weight is 317 g/mol. The van der Waals surface area contributed by atoms with Crippen molar-refractivity contribution in [3.63, 3.8) is 0 Å². The quantitative estimate of drug-likeness (QED) is 0.636. The highest BCUT2D eigenvalue weighted by molar-refractivity contribution is 7.98. The molecule has 3 nitrogen and oxygen atoms in total. The van der Waals surface area contributed by atoms with Gasteiger partial charge in [-0.05, 0) is 30.2 Å². The zero-order valence-corrected chi connectivity index (χ0v) is 13.0. The Labute approximate surface area is 132 Å². The maximum absolute atomic E-state index is 6.13. The molecule has 5 heteroatoms. The van der Waals surface area contributed by atoms with Gasteiger partial charge in [-0.25, -0.2) is 0 Å². The number of aryl methyl sites for hydroxylation is 1. The van der Waals surface area contributed by atoms with Crippen LogP contribution in [0.3, 0.4) is 0 Å². The van der Waals surface area contributed by atoms with Gasteiger partial charge in [-0.15, -0.1) is 10.2 Å². The summed E-state index contributed by atoms with van der Waals surface area (Å²) < 4.78 is 5.67. The minimum atomic E-state index is 0.452. The molecule has 21 heavy (non-hydrogen) atoms. The Morgan fingerprint density at radius 2 is 1.81 bits per heavy atom. The van der Waals surface area contributed by atoms with Crippen LogP contribution in [0.2, 0.25) is 5.02 Å². The molecule has 1 aromatic heterocycles. The van der Waals surface area contributed by atoms with E-state index in [0.717, 1.165) is 11.3 Å². The zero-order chi connectivity index (χ0) is 14.7. The molecule has 0 atom stereocenters. The largest absolute Gasteiger partial charge is 0.411 e. The molecular formula is C16H13ClN2OS. The molecule has 0 fully saturated rings. The van der Waals surface area contributed by atoms with Crippen LogP contribution in [0.5, 0.6) is 0 Å². The van der Waals surface area contributed by atoms with Gasteiger partial charge < -0.3 is 4.42 Å². The lowest BCUT2D eigenvalue weighted by molar-refractivity contribution is 0.466. The Morgan fingerprint density at radius 3 is 2.62 bits per heavy atom. The summed E-state index contributed by atoms with van der Waals surface area (Å²) in [6.45, 7) is 2.10. The molecule has 2 aromatic carbocycles. The van der Waals surface area contributed by atoms with Crippen molar-refractivity contribution in [2.75, 3.05) is 0 Å². The van der Waals surface area contributed by atoms with Gasteiger partial charge in [0, 0.05) is 5.75 Å². The van der Waals surface area contributed by atoms with Gasteiger partial charge in [0.15, 0.2) is 0 Å². The van der Waals surface area contributed by atoms with Crippen molar-refractivity contribution in [3.05, 3.63) is 64.7 Å². The van der Waals surface area contributed by atoms with Crippen molar-refractivity contribution < 1.29 is 4.42 Å². The van der Waals surface area contributed by atoms with E-state index in [1.165, 1.54) is 22.9 Å². The molecule has 3 aromatic rings. The van der Waals surface area contributed by atoms with Gasteiger partial charge in [-0.2, -0.15) is 0 Å². The molecule has 0 radical (unpaired) electrons. The van der Waals surface area contributed by atoms with Crippen LogP contribution in [0.25, 0.3) is 11.5 Å². The normalized spacial score (nSPS) is 10.8. The summed E-state index contributed by atoms with van der Waals surface area (Å²) in [4.78, 5) is 0. The van der Waals surface area contributed by atoms with E-state index < -0.39 is 0 Å². The third kappa shape index (κ3) is 3.28. The number of hydrogen-bond acceptors (Lipinski definition) is 4. The zero-order valence-electron chi connectivity index (χ0n) is 11.4. The molecule has 0 aliphatic carbocycles. The maximum Gasteiger partial charge on any atom is 0.277 e. The fourth-order valence-corrected chi connectivity index (χ4v) is 2.98. The second-order valence-electron chi connectivity index (χ2n) is 4.57. The minimum absolute atomic E-state index is 0.452. The topological polar surface area (TPSA) is 38.9 Å². The second kappa shape index (κ2) is 6.33. The van der Waals surface area contributed by atoms with Crippen LogP contribution in [-0.2, 0) is 5.75 Å². The van der Waals surface area contributed by atoms with Gasteiger partial charge in [0.25, 0.3) is 5.22 Å². The van der Waals surface area contributed by atoms with Crippen LogP contribution in [0.15, 0.2) is 58.2 Å². The van der Waals surface area contributed by atoms with Crippen LogP contribution < -0.4 is 0 Å². The van der Waals surface area contributed by atoms with Crippen molar-refractivity contribution >= 4 is 23.4 Å². The number of hydrogen-bond donors (Lipinski definition) is 0. The molecule has 0 spiro atoms. The molecule has 0 N–H and O–H groups in total. The lowest BCUT2D eigenvalue weighted by atomic mass is 10.1. The standard InChI is InChI=1S/C16H13ClN2OS/c1-11-6-2-3-7-12(11)10-21-16-19-18-15(20-16)13-8-4-5-9-14(13)17/h2-9H,10H2,1H3. The molecule has 0 bridgehead atoms. The number of benzene rings is 2. The molecular weight excluding hydrogens is 304 g/mol. The van der Waals surface area contributed by atoms with Gasteiger partial charge in [0.2, 0.25) is 5.89 Å². The van der Waals surface area contributed by atoms with E-state index in [1.54, 1.807) is 6.07 Å². The van der Waals surface area contributed by atoms with E-state index in [1.807, 2.05) is 30.3 Å². The fraction of sp³-hybridized carbons (Fsp3) is 0.125. The monoisotopic (exact) mass is 316 g/mol. The third-order valence-corrected chi connectivity index (χ3v) is 4.32. The van der Waals surface area contributed by atoms with Gasteiger partial charge in [0.1, 0.15) is 0 Å². The molecule has 3 rings (SSSR count). The number of halogens is 1. The van der Waals surface area contributed by atoms with E-state index in [2.05, 4.69) is 29.3 Å². The van der Waals surface area contributed by atoms with Crippen LogP contribution in [0, 0.1) is 6.92 Å². The summed E-state index contributed by atoms with van der Waals surface area (Å²) >= 11 is 7.65. The van der Waals surface area contributed by atoms with Gasteiger partial charge >= 0.3 is 0 Å². The first-order valence-electron chi connectivity index (χ1n) is 6.50. The van der Waals surface area contributed by atoms with Crippen molar-refractivity contribution in [1.29, 1.82) is 0 Å². The van der Waals surface area contributed by atoms with Crippen molar-refractivity contribution in [3.8, 4) is 11.5 Å². The molecule has 0 amide bonds. The summed E-state index contributed by atoms with van der Waals surface area (Å²) in [6.07, 6.45) is 0. The number of nitrogens with zero attached hydrogens (tertiary/aromatic N) is 2. The van der Waals surface area contributed by atoms with Gasteiger partial charge in [-0.1, -0.05) is 59.8 Å². The Morgan fingerprint density at radius 1 is 1.05 bits per heavy atom. The summed E-state index contributed by atoms with van der Waals surface area (Å²) in [5, 5.41) is 9.28. The van der Waals surface area contributed by atoms with E-state index in [0.29, 0.717) is 16.1 Å². The lowest BCUT2D eigenvalue weighted by Gasteiger charge is -2.02. The summed E-state index contributed by atoms with van der Waals surface area (Å²) in [7, 11) is 0.